The lowest BCUT2D eigenvalue weighted by molar-refractivity contribution is -0.117. The van der Waals surface area contributed by atoms with E-state index in [9.17, 15) is 9.59 Å². The average molecular weight is 499 g/mol. The zero-order valence-corrected chi connectivity index (χ0v) is 21.4. The third-order valence-corrected chi connectivity index (χ3v) is 6.65. The standard InChI is InChI=1S/C30H30N2O3S/c1-3-35-30(34)28-26(25-16-14-22(2)15-17-25)21-36-29(28)31-27(33)20-32(18-23-10-6-4-7-11-23)19-24-12-8-5-9-13-24/h4-17,21H,3,18-20H2,1-2H3,(H,31,33). The smallest absolute Gasteiger partial charge is 0.341 e. The van der Waals surface area contributed by atoms with Gasteiger partial charge in [0.1, 0.15) is 10.6 Å². The summed E-state index contributed by atoms with van der Waals surface area (Å²) in [5.41, 5.74) is 5.47. The van der Waals surface area contributed by atoms with E-state index >= 15 is 0 Å². The largest absolute Gasteiger partial charge is 0.462 e. The van der Waals surface area contributed by atoms with Gasteiger partial charge in [0.25, 0.3) is 0 Å². The SMILES string of the molecule is CCOC(=O)c1c(-c2ccc(C)cc2)csc1NC(=O)CN(Cc1ccccc1)Cc1ccccc1. The fraction of sp³-hybridized carbons (Fsp3) is 0.200. The maximum absolute atomic E-state index is 13.2. The molecule has 1 amide bonds. The molecule has 1 heterocycles. The highest BCUT2D eigenvalue weighted by molar-refractivity contribution is 7.15. The van der Waals surface area contributed by atoms with Gasteiger partial charge in [-0.2, -0.15) is 0 Å². The predicted octanol–water partition coefficient (Wildman–Crippen LogP) is 6.54. The van der Waals surface area contributed by atoms with Crippen molar-refractivity contribution in [2.45, 2.75) is 26.9 Å². The molecule has 1 aromatic heterocycles. The number of carbonyl (C=O) groups excluding carboxylic acids is 2. The highest BCUT2D eigenvalue weighted by atomic mass is 32.1. The maximum atomic E-state index is 13.2. The van der Waals surface area contributed by atoms with Crippen LogP contribution in [0.3, 0.4) is 0 Å². The van der Waals surface area contributed by atoms with Crippen LogP contribution in [0.5, 0.6) is 0 Å². The maximum Gasteiger partial charge on any atom is 0.341 e. The molecule has 3 aromatic carbocycles. The number of hydrogen-bond acceptors (Lipinski definition) is 5. The van der Waals surface area contributed by atoms with Crippen LogP contribution in [0.25, 0.3) is 11.1 Å². The molecule has 0 bridgehead atoms. The Morgan fingerprint density at radius 1 is 0.861 bits per heavy atom. The molecule has 0 spiro atoms. The van der Waals surface area contributed by atoms with E-state index in [2.05, 4.69) is 34.5 Å². The van der Waals surface area contributed by atoms with E-state index in [0.717, 1.165) is 27.8 Å². The number of rotatable bonds is 10. The number of nitrogens with one attached hydrogen (secondary N) is 1. The van der Waals surface area contributed by atoms with Gasteiger partial charge in [-0.15, -0.1) is 11.3 Å². The molecule has 36 heavy (non-hydrogen) atoms. The van der Waals surface area contributed by atoms with Gasteiger partial charge in [-0.1, -0.05) is 90.5 Å². The molecule has 0 fully saturated rings. The van der Waals surface area contributed by atoms with Crippen molar-refractivity contribution in [3.05, 3.63) is 113 Å². The van der Waals surface area contributed by atoms with Gasteiger partial charge in [-0.05, 0) is 30.5 Å². The number of esters is 1. The second-order valence-corrected chi connectivity index (χ2v) is 9.48. The first kappa shape index (κ1) is 25.4. The first-order valence-electron chi connectivity index (χ1n) is 12.0. The number of thiophene rings is 1. The minimum absolute atomic E-state index is 0.176. The average Bonchev–Trinajstić information content (AvgIpc) is 3.29. The Kier molecular flexibility index (Phi) is 8.66. The van der Waals surface area contributed by atoms with Crippen LogP contribution >= 0.6 is 11.3 Å². The summed E-state index contributed by atoms with van der Waals surface area (Å²) in [5.74, 6) is -0.611. The minimum atomic E-state index is -0.435. The summed E-state index contributed by atoms with van der Waals surface area (Å²) in [4.78, 5) is 28.2. The summed E-state index contributed by atoms with van der Waals surface area (Å²) < 4.78 is 5.34. The molecule has 0 radical (unpaired) electrons. The summed E-state index contributed by atoms with van der Waals surface area (Å²) in [7, 11) is 0. The zero-order chi connectivity index (χ0) is 25.3. The summed E-state index contributed by atoms with van der Waals surface area (Å²) in [5, 5.41) is 5.40. The van der Waals surface area contributed by atoms with E-state index in [4.69, 9.17) is 4.74 Å². The molecule has 0 saturated carbocycles. The molecule has 4 aromatic rings. The van der Waals surface area contributed by atoms with Gasteiger partial charge in [0, 0.05) is 24.0 Å². The lowest BCUT2D eigenvalue weighted by Crippen LogP contribution is -2.32. The van der Waals surface area contributed by atoms with Crippen LogP contribution < -0.4 is 5.32 Å². The van der Waals surface area contributed by atoms with E-state index in [1.54, 1.807) is 6.92 Å². The Hall–Kier alpha value is -3.74. The number of benzene rings is 3. The quantitative estimate of drug-likeness (QED) is 0.252. The molecule has 0 atom stereocenters. The number of amides is 1. The highest BCUT2D eigenvalue weighted by Crippen LogP contribution is 2.36. The van der Waals surface area contributed by atoms with Crippen molar-refractivity contribution in [1.29, 1.82) is 0 Å². The Morgan fingerprint density at radius 3 is 2.00 bits per heavy atom. The summed E-state index contributed by atoms with van der Waals surface area (Å²) in [6.07, 6.45) is 0. The minimum Gasteiger partial charge on any atom is -0.462 e. The summed E-state index contributed by atoms with van der Waals surface area (Å²) in [6, 6.07) is 28.2. The van der Waals surface area contributed by atoms with E-state index < -0.39 is 5.97 Å². The molecule has 0 aliphatic carbocycles. The normalized spacial score (nSPS) is 10.9. The highest BCUT2D eigenvalue weighted by Gasteiger charge is 2.23. The summed E-state index contributed by atoms with van der Waals surface area (Å²) in [6.45, 7) is 5.51. The van der Waals surface area contributed by atoms with E-state index in [-0.39, 0.29) is 19.1 Å². The number of nitrogens with zero attached hydrogens (tertiary/aromatic N) is 1. The lowest BCUT2D eigenvalue weighted by Gasteiger charge is -2.22. The first-order chi connectivity index (χ1) is 17.5. The van der Waals surface area contributed by atoms with Crippen molar-refractivity contribution < 1.29 is 14.3 Å². The van der Waals surface area contributed by atoms with Crippen molar-refractivity contribution in [2.24, 2.45) is 0 Å². The number of aryl methyl sites for hydroxylation is 1. The molecule has 0 aliphatic rings. The van der Waals surface area contributed by atoms with Crippen molar-refractivity contribution in [2.75, 3.05) is 18.5 Å². The lowest BCUT2D eigenvalue weighted by atomic mass is 10.0. The van der Waals surface area contributed by atoms with Crippen molar-refractivity contribution in [3.63, 3.8) is 0 Å². The first-order valence-corrected chi connectivity index (χ1v) is 12.9. The van der Waals surface area contributed by atoms with Crippen molar-refractivity contribution in [1.82, 2.24) is 4.90 Å². The van der Waals surface area contributed by atoms with Crippen LogP contribution in [0.2, 0.25) is 0 Å². The zero-order valence-electron chi connectivity index (χ0n) is 20.6. The molecular formula is C30H30N2O3S. The molecular weight excluding hydrogens is 468 g/mol. The Balaban J connectivity index is 1.55. The van der Waals surface area contributed by atoms with Crippen LogP contribution in [0, 0.1) is 6.92 Å². The fourth-order valence-corrected chi connectivity index (χ4v) is 5.00. The molecule has 4 rings (SSSR count). The second kappa shape index (κ2) is 12.3. The monoisotopic (exact) mass is 498 g/mol. The van der Waals surface area contributed by atoms with Crippen molar-refractivity contribution in [3.8, 4) is 11.1 Å². The predicted molar refractivity (Wildman–Crippen MR) is 146 cm³/mol. The van der Waals surface area contributed by atoms with Gasteiger partial charge in [-0.25, -0.2) is 4.79 Å². The third kappa shape index (κ3) is 6.68. The van der Waals surface area contributed by atoms with E-state index in [1.807, 2.05) is 73.0 Å². The van der Waals surface area contributed by atoms with E-state index in [1.165, 1.54) is 11.3 Å². The van der Waals surface area contributed by atoms with Gasteiger partial charge < -0.3 is 10.1 Å². The second-order valence-electron chi connectivity index (χ2n) is 8.60. The molecule has 184 valence electrons. The number of carbonyl (C=O) groups is 2. The molecule has 0 aliphatic heterocycles. The number of hydrogen-bond donors (Lipinski definition) is 1. The van der Waals surface area contributed by atoms with Crippen LogP contribution in [0.15, 0.2) is 90.3 Å². The molecule has 1 N–H and O–H groups in total. The van der Waals surface area contributed by atoms with Gasteiger partial charge in [0.15, 0.2) is 0 Å². The van der Waals surface area contributed by atoms with Crippen LogP contribution in [-0.4, -0.2) is 29.9 Å². The van der Waals surface area contributed by atoms with Crippen LogP contribution in [-0.2, 0) is 22.6 Å². The molecule has 0 saturated heterocycles. The summed E-state index contributed by atoms with van der Waals surface area (Å²) >= 11 is 1.34. The Labute approximate surface area is 216 Å². The molecule has 5 nitrogen and oxygen atoms in total. The fourth-order valence-electron chi connectivity index (χ4n) is 4.02. The van der Waals surface area contributed by atoms with Gasteiger partial charge in [0.2, 0.25) is 5.91 Å². The van der Waals surface area contributed by atoms with Gasteiger partial charge >= 0.3 is 5.97 Å². The Bertz CT molecular complexity index is 1240. The van der Waals surface area contributed by atoms with Crippen LogP contribution in [0.1, 0.15) is 34.0 Å². The van der Waals surface area contributed by atoms with Crippen LogP contribution in [0.4, 0.5) is 5.00 Å². The third-order valence-electron chi connectivity index (χ3n) is 5.75. The van der Waals surface area contributed by atoms with Crippen molar-refractivity contribution >= 4 is 28.2 Å². The number of anilines is 1. The Morgan fingerprint density at radius 2 is 1.44 bits per heavy atom. The molecule has 6 heteroatoms. The number of ether oxygens (including phenoxy) is 1. The van der Waals surface area contributed by atoms with Gasteiger partial charge in [0.05, 0.1) is 13.2 Å². The van der Waals surface area contributed by atoms with E-state index in [0.29, 0.717) is 23.7 Å². The molecule has 0 unspecified atom stereocenters. The van der Waals surface area contributed by atoms with Gasteiger partial charge in [-0.3, -0.25) is 9.69 Å². The topological polar surface area (TPSA) is 58.6 Å².